The van der Waals surface area contributed by atoms with E-state index >= 15 is 0 Å². The van der Waals surface area contributed by atoms with E-state index in [4.69, 9.17) is 10.5 Å². The van der Waals surface area contributed by atoms with Gasteiger partial charge in [-0.25, -0.2) is 4.79 Å². The standard InChI is InChI=1S/C25H21N5O4/c26-24(32)17-3-1-2-15(10-17)13-30-21-7-6-19(12-22(21)34-14-23(30)31)29-25(33)28-18-5-4-16-8-9-27-20(16)11-18/h1-12,27H,13-14H2,(H2,26,32)(H2,28,29,33). The van der Waals surface area contributed by atoms with E-state index < -0.39 is 11.9 Å². The second-order valence-electron chi connectivity index (χ2n) is 7.87. The summed E-state index contributed by atoms with van der Waals surface area (Å²) < 4.78 is 5.60. The van der Waals surface area contributed by atoms with Gasteiger partial charge in [0.2, 0.25) is 5.91 Å². The van der Waals surface area contributed by atoms with Gasteiger partial charge in [-0.05, 0) is 53.4 Å². The molecule has 9 nitrogen and oxygen atoms in total. The van der Waals surface area contributed by atoms with Gasteiger partial charge in [0.1, 0.15) is 5.75 Å². The van der Waals surface area contributed by atoms with E-state index in [2.05, 4.69) is 15.6 Å². The van der Waals surface area contributed by atoms with Crippen molar-refractivity contribution in [3.63, 3.8) is 0 Å². The van der Waals surface area contributed by atoms with Gasteiger partial charge < -0.3 is 31.0 Å². The number of fused-ring (bicyclic) bond motifs is 2. The molecule has 9 heteroatoms. The molecule has 4 amide bonds. The van der Waals surface area contributed by atoms with E-state index in [9.17, 15) is 14.4 Å². The van der Waals surface area contributed by atoms with Crippen LogP contribution in [0.5, 0.6) is 5.75 Å². The fourth-order valence-corrected chi connectivity index (χ4v) is 3.88. The molecule has 0 spiro atoms. The first-order valence-corrected chi connectivity index (χ1v) is 10.6. The number of nitrogens with zero attached hydrogens (tertiary/aromatic N) is 1. The predicted molar refractivity (Wildman–Crippen MR) is 129 cm³/mol. The molecular formula is C25H21N5O4. The summed E-state index contributed by atoms with van der Waals surface area (Å²) in [5.41, 5.74) is 9.16. The molecule has 0 unspecified atom stereocenters. The molecule has 0 aliphatic carbocycles. The third kappa shape index (κ3) is 4.26. The van der Waals surface area contributed by atoms with Crippen LogP contribution in [-0.4, -0.2) is 29.4 Å². The van der Waals surface area contributed by atoms with Gasteiger partial charge in [0.15, 0.2) is 6.61 Å². The Morgan fingerprint density at radius 2 is 1.79 bits per heavy atom. The summed E-state index contributed by atoms with van der Waals surface area (Å²) >= 11 is 0. The first kappa shape index (κ1) is 21.1. The minimum Gasteiger partial charge on any atom is -0.481 e. The van der Waals surface area contributed by atoms with Gasteiger partial charge in [-0.3, -0.25) is 9.59 Å². The number of ether oxygens (including phenoxy) is 1. The van der Waals surface area contributed by atoms with E-state index in [-0.39, 0.29) is 19.1 Å². The molecule has 0 radical (unpaired) electrons. The van der Waals surface area contributed by atoms with E-state index in [1.54, 1.807) is 41.3 Å². The average molecular weight is 455 g/mol. The van der Waals surface area contributed by atoms with Crippen LogP contribution in [0.25, 0.3) is 10.9 Å². The van der Waals surface area contributed by atoms with Crippen LogP contribution in [0.2, 0.25) is 0 Å². The summed E-state index contributed by atoms with van der Waals surface area (Å²) in [7, 11) is 0. The Morgan fingerprint density at radius 1 is 1.00 bits per heavy atom. The van der Waals surface area contributed by atoms with Crippen LogP contribution in [0.3, 0.4) is 0 Å². The van der Waals surface area contributed by atoms with Crippen molar-refractivity contribution in [3.8, 4) is 5.75 Å². The number of hydrogen-bond acceptors (Lipinski definition) is 4. The number of aromatic amines is 1. The van der Waals surface area contributed by atoms with Crippen molar-refractivity contribution in [2.75, 3.05) is 22.1 Å². The Balaban J connectivity index is 1.31. The molecule has 34 heavy (non-hydrogen) atoms. The second-order valence-corrected chi connectivity index (χ2v) is 7.87. The lowest BCUT2D eigenvalue weighted by atomic mass is 10.1. The zero-order valence-corrected chi connectivity index (χ0v) is 18.0. The van der Waals surface area contributed by atoms with Crippen molar-refractivity contribution in [3.05, 3.63) is 84.1 Å². The Labute approximate surface area is 194 Å². The summed E-state index contributed by atoms with van der Waals surface area (Å²) in [5.74, 6) is -0.274. The highest BCUT2D eigenvalue weighted by Crippen LogP contribution is 2.35. The number of carbonyl (C=O) groups is 3. The van der Waals surface area contributed by atoms with Crippen molar-refractivity contribution < 1.29 is 19.1 Å². The lowest BCUT2D eigenvalue weighted by molar-refractivity contribution is -0.121. The topological polar surface area (TPSA) is 130 Å². The molecule has 0 fully saturated rings. The van der Waals surface area contributed by atoms with Crippen molar-refractivity contribution in [1.29, 1.82) is 0 Å². The number of urea groups is 1. The molecule has 0 atom stereocenters. The number of amides is 4. The lowest BCUT2D eigenvalue weighted by Gasteiger charge is -2.30. The minimum atomic E-state index is -0.530. The number of aromatic nitrogens is 1. The molecule has 0 saturated heterocycles. The zero-order valence-electron chi connectivity index (χ0n) is 18.0. The zero-order chi connectivity index (χ0) is 23.7. The monoisotopic (exact) mass is 455 g/mol. The maximum Gasteiger partial charge on any atom is 0.323 e. The summed E-state index contributed by atoms with van der Waals surface area (Å²) in [6.07, 6.45) is 1.84. The molecule has 5 N–H and O–H groups in total. The van der Waals surface area contributed by atoms with Crippen LogP contribution in [0.15, 0.2) is 72.9 Å². The van der Waals surface area contributed by atoms with Crippen molar-refractivity contribution in [1.82, 2.24) is 4.98 Å². The number of anilines is 3. The van der Waals surface area contributed by atoms with Crippen LogP contribution in [0.1, 0.15) is 15.9 Å². The van der Waals surface area contributed by atoms with Crippen LogP contribution < -0.4 is 26.0 Å². The number of H-pyrrole nitrogens is 1. The molecule has 1 aliphatic heterocycles. The number of benzene rings is 3. The van der Waals surface area contributed by atoms with Gasteiger partial charge in [0.05, 0.1) is 12.2 Å². The second kappa shape index (κ2) is 8.62. The van der Waals surface area contributed by atoms with E-state index in [1.165, 1.54) is 0 Å². The number of nitrogens with two attached hydrogens (primary N) is 1. The van der Waals surface area contributed by atoms with Crippen molar-refractivity contribution in [2.45, 2.75) is 6.54 Å². The molecule has 3 aromatic carbocycles. The fraction of sp³-hybridized carbons (Fsp3) is 0.0800. The molecule has 0 bridgehead atoms. The van der Waals surface area contributed by atoms with Gasteiger partial charge in [-0.2, -0.15) is 0 Å². The van der Waals surface area contributed by atoms with Crippen LogP contribution in [-0.2, 0) is 11.3 Å². The summed E-state index contributed by atoms with van der Waals surface area (Å²) in [5, 5.41) is 6.64. The lowest BCUT2D eigenvalue weighted by Crippen LogP contribution is -2.38. The normalized spacial score (nSPS) is 12.7. The van der Waals surface area contributed by atoms with E-state index in [0.717, 1.165) is 16.5 Å². The molecule has 5 rings (SSSR count). The van der Waals surface area contributed by atoms with Crippen molar-refractivity contribution in [2.24, 2.45) is 5.73 Å². The molecule has 1 aromatic heterocycles. The van der Waals surface area contributed by atoms with Crippen LogP contribution >= 0.6 is 0 Å². The molecule has 0 saturated carbocycles. The highest BCUT2D eigenvalue weighted by Gasteiger charge is 2.26. The van der Waals surface area contributed by atoms with E-state index in [0.29, 0.717) is 28.4 Å². The number of nitrogens with one attached hydrogen (secondary N) is 3. The molecule has 4 aromatic rings. The number of carbonyl (C=O) groups excluding carboxylic acids is 3. The highest BCUT2D eigenvalue weighted by atomic mass is 16.5. The largest absolute Gasteiger partial charge is 0.481 e. The fourth-order valence-electron chi connectivity index (χ4n) is 3.88. The number of primary amides is 1. The Morgan fingerprint density at radius 3 is 2.62 bits per heavy atom. The molecule has 2 heterocycles. The average Bonchev–Trinajstić information content (AvgIpc) is 3.29. The third-order valence-electron chi connectivity index (χ3n) is 5.53. The van der Waals surface area contributed by atoms with Crippen LogP contribution in [0.4, 0.5) is 21.9 Å². The SMILES string of the molecule is NC(=O)c1cccc(CN2C(=O)COc3cc(NC(=O)Nc4ccc5cc[nH]c5c4)ccc32)c1. The molecular weight excluding hydrogens is 434 g/mol. The van der Waals surface area contributed by atoms with E-state index in [1.807, 2.05) is 36.5 Å². The van der Waals surface area contributed by atoms with Gasteiger partial charge >= 0.3 is 6.03 Å². The Bertz CT molecular complexity index is 1430. The summed E-state index contributed by atoms with van der Waals surface area (Å²) in [6, 6.07) is 19.0. The quantitative estimate of drug-likeness (QED) is 0.364. The maximum atomic E-state index is 12.5. The summed E-state index contributed by atoms with van der Waals surface area (Å²) in [6.45, 7) is 0.124. The minimum absolute atomic E-state index is 0.131. The Hall–Kier alpha value is -4.79. The number of hydrogen-bond donors (Lipinski definition) is 4. The van der Waals surface area contributed by atoms with Gasteiger partial charge in [0.25, 0.3) is 5.91 Å². The molecule has 1 aliphatic rings. The van der Waals surface area contributed by atoms with Crippen LogP contribution in [0, 0.1) is 0 Å². The highest BCUT2D eigenvalue weighted by molar-refractivity contribution is 6.02. The van der Waals surface area contributed by atoms with Gasteiger partial charge in [0, 0.05) is 34.7 Å². The third-order valence-corrected chi connectivity index (χ3v) is 5.53. The van der Waals surface area contributed by atoms with Crippen molar-refractivity contribution >= 4 is 45.8 Å². The van der Waals surface area contributed by atoms with Gasteiger partial charge in [-0.1, -0.05) is 18.2 Å². The predicted octanol–water partition coefficient (Wildman–Crippen LogP) is 3.84. The first-order chi connectivity index (χ1) is 16.5. The van der Waals surface area contributed by atoms with Gasteiger partial charge in [-0.15, -0.1) is 0 Å². The number of rotatable bonds is 5. The Kier molecular flexibility index (Phi) is 5.35. The molecule has 170 valence electrons. The smallest absolute Gasteiger partial charge is 0.323 e. The first-order valence-electron chi connectivity index (χ1n) is 10.6. The maximum absolute atomic E-state index is 12.5. The summed E-state index contributed by atoms with van der Waals surface area (Å²) in [4.78, 5) is 41.2.